The number of rotatable bonds is 4. The molecule has 4 aliphatic carbocycles. The summed E-state index contributed by atoms with van der Waals surface area (Å²) in [5.74, 6) is 2.34. The van der Waals surface area contributed by atoms with Gasteiger partial charge in [-0.1, -0.05) is 26.3 Å². The Kier molecular flexibility index (Phi) is 5.46. The molecular weight excluding hydrogens is 364 g/mol. The predicted molar refractivity (Wildman–Crippen MR) is 112 cm³/mol. The number of hydrogen-bond acceptors (Lipinski definition) is 4. The van der Waals surface area contributed by atoms with Crippen molar-refractivity contribution in [2.45, 2.75) is 84.7 Å². The van der Waals surface area contributed by atoms with Crippen LogP contribution in [-0.2, 0) is 14.3 Å². The van der Waals surface area contributed by atoms with Crippen molar-refractivity contribution in [3.63, 3.8) is 0 Å². The van der Waals surface area contributed by atoms with Crippen molar-refractivity contribution in [2.24, 2.45) is 40.4 Å². The lowest BCUT2D eigenvalue weighted by atomic mass is 9.48. The quantitative estimate of drug-likeness (QED) is 0.693. The molecule has 162 valence electrons. The van der Waals surface area contributed by atoms with E-state index in [4.69, 9.17) is 4.74 Å². The molecule has 0 saturated heterocycles. The second-order valence-corrected chi connectivity index (χ2v) is 10.9. The summed E-state index contributed by atoms with van der Waals surface area (Å²) in [5.41, 5.74) is 1.21. The van der Waals surface area contributed by atoms with Crippen molar-refractivity contribution in [3.8, 4) is 0 Å². The van der Waals surface area contributed by atoms with E-state index >= 15 is 0 Å². The number of hydrogen-bond donors (Lipinski definition) is 1. The zero-order valence-electron chi connectivity index (χ0n) is 18.6. The number of carbonyl (C=O) groups excluding carboxylic acids is 2. The molecule has 2 unspecified atom stereocenters. The zero-order chi connectivity index (χ0) is 21.0. The molecule has 0 heterocycles. The Morgan fingerprint density at radius 3 is 2.72 bits per heavy atom. The molecule has 0 aromatic heterocycles. The number of methoxy groups -OCH3 is 1. The van der Waals surface area contributed by atoms with E-state index < -0.39 is 0 Å². The van der Waals surface area contributed by atoms with Crippen molar-refractivity contribution in [3.05, 3.63) is 11.6 Å². The Morgan fingerprint density at radius 1 is 1.24 bits per heavy atom. The maximum absolute atomic E-state index is 13.6. The maximum atomic E-state index is 13.6. The zero-order valence-corrected chi connectivity index (χ0v) is 18.6. The van der Waals surface area contributed by atoms with E-state index in [2.05, 4.69) is 26.8 Å². The first-order valence-electron chi connectivity index (χ1n) is 11.7. The summed E-state index contributed by atoms with van der Waals surface area (Å²) < 4.78 is 4.82. The van der Waals surface area contributed by atoms with E-state index in [1.807, 2.05) is 0 Å². The number of aliphatic hydroxyl groups excluding tert-OH is 1. The third-order valence-corrected chi connectivity index (χ3v) is 9.69. The van der Waals surface area contributed by atoms with Crippen LogP contribution in [0.2, 0.25) is 0 Å². The van der Waals surface area contributed by atoms with E-state index in [9.17, 15) is 14.7 Å². The number of aliphatic hydroxyl groups is 1. The lowest BCUT2D eigenvalue weighted by molar-refractivity contribution is -0.141. The molecule has 3 saturated carbocycles. The molecule has 0 amide bonds. The molecule has 0 aliphatic heterocycles. The molecule has 0 radical (unpaired) electrons. The normalized spacial score (nSPS) is 44.9. The van der Waals surface area contributed by atoms with E-state index in [0.29, 0.717) is 41.8 Å². The van der Waals surface area contributed by atoms with Gasteiger partial charge in [0.05, 0.1) is 13.2 Å². The fraction of sp³-hybridized carbons (Fsp3) is 0.840. The van der Waals surface area contributed by atoms with Gasteiger partial charge in [-0.2, -0.15) is 0 Å². The van der Waals surface area contributed by atoms with Crippen LogP contribution in [0.5, 0.6) is 0 Å². The molecule has 1 N–H and O–H groups in total. The monoisotopic (exact) mass is 402 g/mol. The molecular formula is C25H38O4. The largest absolute Gasteiger partial charge is 0.469 e. The van der Waals surface area contributed by atoms with Gasteiger partial charge in [0.2, 0.25) is 0 Å². The van der Waals surface area contributed by atoms with E-state index in [-0.39, 0.29) is 22.9 Å². The van der Waals surface area contributed by atoms with Crippen molar-refractivity contribution < 1.29 is 19.4 Å². The Bertz CT molecular complexity index is 712. The van der Waals surface area contributed by atoms with E-state index in [1.54, 1.807) is 0 Å². The minimum absolute atomic E-state index is 0.0910. The summed E-state index contributed by atoms with van der Waals surface area (Å²) >= 11 is 0. The number of fused-ring (bicyclic) bond motifs is 5. The minimum atomic E-state index is -0.291. The fourth-order valence-electron chi connectivity index (χ4n) is 7.88. The minimum Gasteiger partial charge on any atom is -0.469 e. The van der Waals surface area contributed by atoms with Crippen LogP contribution in [0.4, 0.5) is 0 Å². The number of ether oxygens (including phenoxy) is 1. The summed E-state index contributed by atoms with van der Waals surface area (Å²) in [4.78, 5) is 25.2. The molecule has 0 aromatic rings. The van der Waals surface area contributed by atoms with Crippen molar-refractivity contribution in [2.75, 3.05) is 7.11 Å². The van der Waals surface area contributed by atoms with E-state index in [1.165, 1.54) is 19.1 Å². The van der Waals surface area contributed by atoms with Gasteiger partial charge in [0.1, 0.15) is 0 Å². The molecule has 4 nitrogen and oxygen atoms in total. The van der Waals surface area contributed by atoms with Gasteiger partial charge in [0.15, 0.2) is 5.78 Å². The van der Waals surface area contributed by atoms with Gasteiger partial charge < -0.3 is 9.84 Å². The highest BCUT2D eigenvalue weighted by atomic mass is 16.5. The van der Waals surface area contributed by atoms with Crippen LogP contribution in [0.15, 0.2) is 11.6 Å². The summed E-state index contributed by atoms with van der Waals surface area (Å²) in [7, 11) is 1.44. The first-order valence-corrected chi connectivity index (χ1v) is 11.7. The average Bonchev–Trinajstić information content (AvgIpc) is 3.06. The lowest BCUT2D eigenvalue weighted by Gasteiger charge is -2.56. The highest BCUT2D eigenvalue weighted by Gasteiger charge is 2.60. The molecule has 0 aromatic carbocycles. The van der Waals surface area contributed by atoms with Crippen molar-refractivity contribution >= 4 is 11.8 Å². The first-order chi connectivity index (χ1) is 13.7. The van der Waals surface area contributed by atoms with Crippen molar-refractivity contribution in [1.29, 1.82) is 0 Å². The van der Waals surface area contributed by atoms with Crippen LogP contribution in [0, 0.1) is 40.4 Å². The Balaban J connectivity index is 1.60. The maximum Gasteiger partial charge on any atom is 0.305 e. The van der Waals surface area contributed by atoms with Crippen LogP contribution in [-0.4, -0.2) is 30.1 Å². The molecule has 29 heavy (non-hydrogen) atoms. The molecule has 8 atom stereocenters. The molecule has 0 spiro atoms. The van der Waals surface area contributed by atoms with Gasteiger partial charge in [-0.15, -0.1) is 0 Å². The Labute approximate surface area is 175 Å². The van der Waals surface area contributed by atoms with Crippen LogP contribution < -0.4 is 0 Å². The fourth-order valence-corrected chi connectivity index (χ4v) is 7.88. The summed E-state index contributed by atoms with van der Waals surface area (Å²) in [6.45, 7) is 6.80. The Hall–Kier alpha value is -1.16. The Morgan fingerprint density at radius 2 is 2.00 bits per heavy atom. The summed E-state index contributed by atoms with van der Waals surface area (Å²) in [6.07, 6.45) is 10.4. The van der Waals surface area contributed by atoms with Gasteiger partial charge in [0.25, 0.3) is 0 Å². The first kappa shape index (κ1) is 21.1. The smallest absolute Gasteiger partial charge is 0.305 e. The highest BCUT2D eigenvalue weighted by molar-refractivity contribution is 5.97. The molecule has 4 rings (SSSR count). The van der Waals surface area contributed by atoms with Crippen LogP contribution in [0.1, 0.15) is 78.6 Å². The molecule has 4 heteroatoms. The SMILES string of the molecule is COC(=O)CC[C@@H](C)[C@H]1CCC2C3CC[C@@H]4C[C@H](O)CC[C@]4(C)C3=CC(=O)[C@@]21C. The van der Waals surface area contributed by atoms with Crippen LogP contribution >= 0.6 is 0 Å². The van der Waals surface area contributed by atoms with Gasteiger partial charge in [-0.25, -0.2) is 0 Å². The predicted octanol–water partition coefficient (Wildman–Crippen LogP) is 4.69. The second kappa shape index (κ2) is 7.51. The number of carbonyl (C=O) groups is 2. The van der Waals surface area contributed by atoms with Gasteiger partial charge in [-0.05, 0) is 92.4 Å². The summed E-state index contributed by atoms with van der Waals surface area (Å²) in [5, 5.41) is 10.2. The third kappa shape index (κ3) is 3.21. The number of esters is 1. The summed E-state index contributed by atoms with van der Waals surface area (Å²) in [6, 6.07) is 0. The standard InChI is InChI=1S/C25H38O4/c1-15(5-10-23(28)29-4)19-8-9-20-18-7-6-16-13-17(26)11-12-24(16,2)21(18)14-22(27)25(19,20)3/h14-20,26H,5-13H2,1-4H3/t15-,16-,17-,18?,19-,20?,24+,25-/m1/s1. The van der Waals surface area contributed by atoms with Gasteiger partial charge in [0, 0.05) is 11.8 Å². The van der Waals surface area contributed by atoms with Crippen LogP contribution in [0.25, 0.3) is 0 Å². The number of ketones is 1. The highest BCUT2D eigenvalue weighted by Crippen LogP contribution is 2.65. The lowest BCUT2D eigenvalue weighted by Crippen LogP contribution is -2.52. The molecule has 0 bridgehead atoms. The van der Waals surface area contributed by atoms with Gasteiger partial charge >= 0.3 is 5.97 Å². The third-order valence-electron chi connectivity index (χ3n) is 9.69. The van der Waals surface area contributed by atoms with Gasteiger partial charge in [-0.3, -0.25) is 9.59 Å². The number of allylic oxidation sites excluding steroid dienone is 2. The van der Waals surface area contributed by atoms with Crippen LogP contribution in [0.3, 0.4) is 0 Å². The second-order valence-electron chi connectivity index (χ2n) is 10.9. The molecule has 4 aliphatic rings. The van der Waals surface area contributed by atoms with Crippen molar-refractivity contribution in [1.82, 2.24) is 0 Å². The average molecular weight is 403 g/mol. The van der Waals surface area contributed by atoms with E-state index in [0.717, 1.165) is 44.9 Å². The molecule has 3 fully saturated rings. The topological polar surface area (TPSA) is 63.6 Å².